The summed E-state index contributed by atoms with van der Waals surface area (Å²) < 4.78 is 5.86. The van der Waals surface area contributed by atoms with Crippen LogP contribution in [0, 0.1) is 11.8 Å². The second kappa shape index (κ2) is 8.35. The molecule has 0 aliphatic heterocycles. The second-order valence-corrected chi connectivity index (χ2v) is 7.11. The van der Waals surface area contributed by atoms with Gasteiger partial charge in [0.25, 0.3) is 0 Å². The molecular formula is C17H33NO2. The lowest BCUT2D eigenvalue weighted by Crippen LogP contribution is -2.40. The van der Waals surface area contributed by atoms with Gasteiger partial charge < -0.3 is 15.2 Å². The summed E-state index contributed by atoms with van der Waals surface area (Å²) in [5.74, 6) is 1.66. The smallest absolute Gasteiger partial charge is 0.0897 e. The topological polar surface area (TPSA) is 41.5 Å². The van der Waals surface area contributed by atoms with Crippen molar-refractivity contribution in [2.24, 2.45) is 11.8 Å². The van der Waals surface area contributed by atoms with E-state index >= 15 is 0 Å². The standard InChI is InChI=1S/C17H33NO2/c1-13-7-9-17(10-8-13)20-12-16(19)11-18-14(2)15-5-3-4-6-15/h13-19H,3-12H2,1-2H3. The van der Waals surface area contributed by atoms with E-state index in [1.807, 2.05) is 0 Å². The molecule has 0 bridgehead atoms. The maximum absolute atomic E-state index is 10.0. The van der Waals surface area contributed by atoms with Gasteiger partial charge >= 0.3 is 0 Å². The molecule has 118 valence electrons. The predicted octanol–water partition coefficient (Wildman–Crippen LogP) is 3.11. The Morgan fingerprint density at radius 2 is 1.75 bits per heavy atom. The molecule has 0 spiro atoms. The van der Waals surface area contributed by atoms with Crippen molar-refractivity contribution < 1.29 is 9.84 Å². The highest BCUT2D eigenvalue weighted by Crippen LogP contribution is 2.27. The molecule has 3 nitrogen and oxygen atoms in total. The van der Waals surface area contributed by atoms with Gasteiger partial charge in [0.1, 0.15) is 0 Å². The summed E-state index contributed by atoms with van der Waals surface area (Å²) in [6, 6.07) is 0.530. The fourth-order valence-corrected chi connectivity index (χ4v) is 3.65. The van der Waals surface area contributed by atoms with Gasteiger partial charge in [-0.2, -0.15) is 0 Å². The number of nitrogens with one attached hydrogen (secondary N) is 1. The number of hydrogen-bond donors (Lipinski definition) is 2. The van der Waals surface area contributed by atoms with Crippen molar-refractivity contribution in [3.8, 4) is 0 Å². The molecular weight excluding hydrogens is 250 g/mol. The number of ether oxygens (including phenoxy) is 1. The Labute approximate surface area is 124 Å². The summed E-state index contributed by atoms with van der Waals surface area (Å²) in [6.45, 7) is 5.73. The summed E-state index contributed by atoms with van der Waals surface area (Å²) in [6.07, 6.45) is 10.4. The van der Waals surface area contributed by atoms with Crippen LogP contribution >= 0.6 is 0 Å². The molecule has 3 heteroatoms. The van der Waals surface area contributed by atoms with Crippen LogP contribution in [-0.2, 0) is 4.74 Å². The number of hydrogen-bond acceptors (Lipinski definition) is 3. The van der Waals surface area contributed by atoms with Crippen molar-refractivity contribution >= 4 is 0 Å². The number of rotatable bonds is 7. The Kier molecular flexibility index (Phi) is 6.79. The van der Waals surface area contributed by atoms with Crippen molar-refractivity contribution in [3.63, 3.8) is 0 Å². The molecule has 2 atom stereocenters. The zero-order chi connectivity index (χ0) is 14.4. The van der Waals surface area contributed by atoms with Gasteiger partial charge in [-0.1, -0.05) is 19.8 Å². The van der Waals surface area contributed by atoms with E-state index in [1.54, 1.807) is 0 Å². The molecule has 0 radical (unpaired) electrons. The van der Waals surface area contributed by atoms with Crippen LogP contribution in [-0.4, -0.2) is 36.5 Å². The Morgan fingerprint density at radius 3 is 2.40 bits per heavy atom. The molecule has 2 aliphatic carbocycles. The summed E-state index contributed by atoms with van der Waals surface area (Å²) in [4.78, 5) is 0. The second-order valence-electron chi connectivity index (χ2n) is 7.11. The minimum Gasteiger partial charge on any atom is -0.389 e. The predicted molar refractivity (Wildman–Crippen MR) is 82.8 cm³/mol. The SMILES string of the molecule is CC1CCC(OCC(O)CNC(C)C2CCCC2)CC1. The first-order valence-electron chi connectivity index (χ1n) is 8.68. The van der Waals surface area contributed by atoms with E-state index in [2.05, 4.69) is 19.2 Å². The zero-order valence-corrected chi connectivity index (χ0v) is 13.3. The van der Waals surface area contributed by atoms with Gasteiger partial charge in [-0.25, -0.2) is 0 Å². The summed E-state index contributed by atoms with van der Waals surface area (Å²) in [5.41, 5.74) is 0. The van der Waals surface area contributed by atoms with Gasteiger partial charge in [-0.3, -0.25) is 0 Å². The molecule has 0 aromatic rings. The van der Waals surface area contributed by atoms with Crippen LogP contribution in [0.15, 0.2) is 0 Å². The first-order chi connectivity index (χ1) is 9.65. The van der Waals surface area contributed by atoms with Gasteiger partial charge in [-0.05, 0) is 57.3 Å². The first kappa shape index (κ1) is 16.3. The summed E-state index contributed by atoms with van der Waals surface area (Å²) >= 11 is 0. The lowest BCUT2D eigenvalue weighted by Gasteiger charge is -2.27. The molecule has 0 aromatic heterocycles. The van der Waals surface area contributed by atoms with E-state index in [-0.39, 0.29) is 6.10 Å². The third-order valence-corrected chi connectivity index (χ3v) is 5.27. The Balaban J connectivity index is 1.54. The Morgan fingerprint density at radius 1 is 1.10 bits per heavy atom. The fraction of sp³-hybridized carbons (Fsp3) is 1.00. The number of aliphatic hydroxyl groups is 1. The quantitative estimate of drug-likeness (QED) is 0.754. The van der Waals surface area contributed by atoms with Crippen LogP contribution < -0.4 is 5.32 Å². The maximum Gasteiger partial charge on any atom is 0.0897 e. The maximum atomic E-state index is 10.0. The third kappa shape index (κ3) is 5.34. The highest BCUT2D eigenvalue weighted by molar-refractivity contribution is 4.78. The Bertz CT molecular complexity index is 258. The zero-order valence-electron chi connectivity index (χ0n) is 13.3. The minimum absolute atomic E-state index is 0.363. The van der Waals surface area contributed by atoms with Crippen molar-refractivity contribution in [2.75, 3.05) is 13.2 Å². The monoisotopic (exact) mass is 283 g/mol. The van der Waals surface area contributed by atoms with Crippen LogP contribution in [0.25, 0.3) is 0 Å². The van der Waals surface area contributed by atoms with Gasteiger partial charge in [-0.15, -0.1) is 0 Å². The van der Waals surface area contributed by atoms with E-state index in [0.717, 1.165) is 11.8 Å². The molecule has 0 amide bonds. The third-order valence-electron chi connectivity index (χ3n) is 5.27. The molecule has 2 N–H and O–H groups in total. The van der Waals surface area contributed by atoms with E-state index in [0.29, 0.717) is 25.3 Å². The summed E-state index contributed by atoms with van der Waals surface area (Å²) in [7, 11) is 0. The highest BCUT2D eigenvalue weighted by atomic mass is 16.5. The van der Waals surface area contributed by atoms with Crippen molar-refractivity contribution in [2.45, 2.75) is 83.5 Å². The van der Waals surface area contributed by atoms with Crippen molar-refractivity contribution in [3.05, 3.63) is 0 Å². The van der Waals surface area contributed by atoms with Crippen LogP contribution in [0.3, 0.4) is 0 Å². The lowest BCUT2D eigenvalue weighted by molar-refractivity contribution is -0.0286. The first-order valence-corrected chi connectivity index (χ1v) is 8.68. The van der Waals surface area contributed by atoms with Crippen LogP contribution in [0.2, 0.25) is 0 Å². The summed E-state index contributed by atoms with van der Waals surface area (Å²) in [5, 5.41) is 13.5. The highest BCUT2D eigenvalue weighted by Gasteiger charge is 2.22. The largest absolute Gasteiger partial charge is 0.389 e. The lowest BCUT2D eigenvalue weighted by atomic mass is 9.89. The normalized spacial score (nSPS) is 31.4. The van der Waals surface area contributed by atoms with Crippen LogP contribution in [0.4, 0.5) is 0 Å². The molecule has 0 aromatic carbocycles. The average molecular weight is 283 g/mol. The molecule has 2 unspecified atom stereocenters. The fourth-order valence-electron chi connectivity index (χ4n) is 3.65. The van der Waals surface area contributed by atoms with Crippen molar-refractivity contribution in [1.82, 2.24) is 5.32 Å². The molecule has 0 saturated heterocycles. The molecule has 2 rings (SSSR count). The van der Waals surface area contributed by atoms with Crippen LogP contribution in [0.1, 0.15) is 65.2 Å². The van der Waals surface area contributed by atoms with Gasteiger partial charge in [0.2, 0.25) is 0 Å². The molecule has 0 heterocycles. The van der Waals surface area contributed by atoms with Gasteiger partial charge in [0.05, 0.1) is 18.8 Å². The average Bonchev–Trinajstić information content (AvgIpc) is 2.98. The molecule has 2 fully saturated rings. The number of aliphatic hydroxyl groups excluding tert-OH is 1. The van der Waals surface area contributed by atoms with E-state index in [4.69, 9.17) is 4.74 Å². The molecule has 2 saturated carbocycles. The molecule has 2 aliphatic rings. The van der Waals surface area contributed by atoms with E-state index in [1.165, 1.54) is 51.4 Å². The van der Waals surface area contributed by atoms with Crippen LogP contribution in [0.5, 0.6) is 0 Å². The van der Waals surface area contributed by atoms with Gasteiger partial charge in [0, 0.05) is 12.6 Å². The van der Waals surface area contributed by atoms with E-state index < -0.39 is 0 Å². The van der Waals surface area contributed by atoms with Crippen molar-refractivity contribution in [1.29, 1.82) is 0 Å². The Hall–Kier alpha value is -0.120. The van der Waals surface area contributed by atoms with Gasteiger partial charge in [0.15, 0.2) is 0 Å². The minimum atomic E-state index is -0.363. The molecule has 20 heavy (non-hydrogen) atoms. The van der Waals surface area contributed by atoms with E-state index in [9.17, 15) is 5.11 Å².